The number of benzene rings is 1. The molecule has 0 atom stereocenters. The summed E-state index contributed by atoms with van der Waals surface area (Å²) in [7, 11) is 0. The molecule has 1 saturated heterocycles. The molecule has 2 aliphatic rings. The fraction of sp³-hybridized carbons (Fsp3) is 0.545. The first-order valence-corrected chi connectivity index (χ1v) is 11.5. The van der Waals surface area contributed by atoms with Crippen LogP contribution in [0.15, 0.2) is 29.4 Å². The van der Waals surface area contributed by atoms with Crippen LogP contribution in [0.1, 0.15) is 43.1 Å². The van der Waals surface area contributed by atoms with Gasteiger partial charge >= 0.3 is 0 Å². The first kappa shape index (κ1) is 20.3. The molecule has 1 aromatic heterocycles. The summed E-state index contributed by atoms with van der Waals surface area (Å²) in [4.78, 5) is 19.5. The molecule has 156 valence electrons. The summed E-state index contributed by atoms with van der Waals surface area (Å²) in [6.07, 6.45) is 5.00. The average Bonchev–Trinajstić information content (AvgIpc) is 3.36. The number of hydrogen-bond acceptors (Lipinski definition) is 5. The topological polar surface area (TPSA) is 59.4 Å². The van der Waals surface area contributed by atoms with Gasteiger partial charge < -0.3 is 19.5 Å². The van der Waals surface area contributed by atoms with Crippen molar-refractivity contribution in [1.29, 1.82) is 0 Å². The van der Waals surface area contributed by atoms with Gasteiger partial charge in [0, 0.05) is 36.2 Å². The normalized spacial score (nSPS) is 17.7. The predicted molar refractivity (Wildman–Crippen MR) is 118 cm³/mol. The number of carbonyl (C=O) groups is 1. The van der Waals surface area contributed by atoms with Crippen LogP contribution in [0.25, 0.3) is 0 Å². The molecule has 2 fully saturated rings. The van der Waals surface area contributed by atoms with Crippen molar-refractivity contribution in [2.75, 3.05) is 42.3 Å². The van der Waals surface area contributed by atoms with Crippen molar-refractivity contribution in [1.82, 2.24) is 9.55 Å². The van der Waals surface area contributed by atoms with Crippen LogP contribution in [0.4, 0.5) is 11.4 Å². The van der Waals surface area contributed by atoms with E-state index in [1.165, 1.54) is 48.8 Å². The third-order valence-electron chi connectivity index (χ3n) is 5.90. The minimum Gasteiger partial charge on any atom is -0.378 e. The van der Waals surface area contributed by atoms with Crippen molar-refractivity contribution in [2.24, 2.45) is 0 Å². The molecule has 0 unspecified atom stereocenters. The third kappa shape index (κ3) is 4.78. The zero-order valence-corrected chi connectivity index (χ0v) is 18.1. The highest BCUT2D eigenvalue weighted by molar-refractivity contribution is 7.99. The molecule has 2 aromatic rings. The van der Waals surface area contributed by atoms with Gasteiger partial charge in [-0.2, -0.15) is 0 Å². The lowest BCUT2D eigenvalue weighted by Gasteiger charge is -2.28. The third-order valence-corrected chi connectivity index (χ3v) is 6.86. The van der Waals surface area contributed by atoms with Crippen molar-refractivity contribution in [3.8, 4) is 0 Å². The number of morpholine rings is 1. The Balaban J connectivity index is 1.34. The molecule has 4 rings (SSSR count). The van der Waals surface area contributed by atoms with Crippen LogP contribution in [0, 0.1) is 13.8 Å². The zero-order valence-electron chi connectivity index (χ0n) is 17.3. The number of carbonyl (C=O) groups excluding carboxylic acids is 1. The summed E-state index contributed by atoms with van der Waals surface area (Å²) in [5, 5.41) is 3.99. The first-order chi connectivity index (χ1) is 14.1. The van der Waals surface area contributed by atoms with E-state index in [1.807, 2.05) is 12.1 Å². The highest BCUT2D eigenvalue weighted by Gasteiger charge is 2.23. The maximum absolute atomic E-state index is 12.5. The first-order valence-electron chi connectivity index (χ1n) is 10.5. The van der Waals surface area contributed by atoms with Crippen LogP contribution in [-0.2, 0) is 9.53 Å². The van der Waals surface area contributed by atoms with E-state index in [1.54, 1.807) is 0 Å². The van der Waals surface area contributed by atoms with Gasteiger partial charge in [0.2, 0.25) is 5.91 Å². The van der Waals surface area contributed by atoms with Gasteiger partial charge in [0.25, 0.3) is 0 Å². The molecule has 7 heteroatoms. The number of aromatic nitrogens is 2. The summed E-state index contributed by atoms with van der Waals surface area (Å²) < 4.78 is 7.76. The molecule has 0 radical (unpaired) electrons. The van der Waals surface area contributed by atoms with Crippen molar-refractivity contribution in [3.05, 3.63) is 35.7 Å². The summed E-state index contributed by atoms with van der Waals surface area (Å²) >= 11 is 1.54. The second-order valence-corrected chi connectivity index (χ2v) is 8.80. The number of thioether (sulfide) groups is 1. The number of nitrogens with zero attached hydrogens (tertiary/aromatic N) is 3. The molecule has 1 saturated carbocycles. The van der Waals surface area contributed by atoms with Crippen LogP contribution in [0.5, 0.6) is 0 Å². The Morgan fingerprint density at radius 2 is 1.86 bits per heavy atom. The van der Waals surface area contributed by atoms with Crippen molar-refractivity contribution >= 4 is 29.0 Å². The Morgan fingerprint density at radius 3 is 2.55 bits per heavy atom. The van der Waals surface area contributed by atoms with E-state index in [4.69, 9.17) is 9.72 Å². The Hall–Kier alpha value is -1.99. The highest BCUT2D eigenvalue weighted by Crippen LogP contribution is 2.35. The number of hydrogen-bond donors (Lipinski definition) is 1. The lowest BCUT2D eigenvalue weighted by atomic mass is 10.2. The molecule has 0 bridgehead atoms. The molecule has 1 N–H and O–H groups in total. The molecule has 1 aliphatic carbocycles. The average molecular weight is 415 g/mol. The number of rotatable bonds is 6. The van der Waals surface area contributed by atoms with Crippen molar-refractivity contribution in [3.63, 3.8) is 0 Å². The number of ether oxygens (including phenoxy) is 1. The summed E-state index contributed by atoms with van der Waals surface area (Å²) in [6, 6.07) is 8.61. The number of nitrogens with one attached hydrogen (secondary N) is 1. The Kier molecular flexibility index (Phi) is 6.45. The van der Waals surface area contributed by atoms with Gasteiger partial charge in [0.15, 0.2) is 5.16 Å². The number of amides is 1. The van der Waals surface area contributed by atoms with E-state index in [-0.39, 0.29) is 5.91 Å². The van der Waals surface area contributed by atoms with E-state index >= 15 is 0 Å². The molecular weight excluding hydrogens is 384 g/mol. The molecule has 29 heavy (non-hydrogen) atoms. The van der Waals surface area contributed by atoms with Crippen LogP contribution in [-0.4, -0.2) is 47.5 Å². The lowest BCUT2D eigenvalue weighted by Crippen LogP contribution is -2.36. The Bertz CT molecular complexity index is 837. The molecule has 2 heterocycles. The highest BCUT2D eigenvalue weighted by atomic mass is 32.2. The van der Waals surface area contributed by atoms with Crippen LogP contribution < -0.4 is 10.2 Å². The van der Waals surface area contributed by atoms with Crippen molar-refractivity contribution < 1.29 is 9.53 Å². The fourth-order valence-corrected chi connectivity index (χ4v) is 5.15. The molecule has 1 aromatic carbocycles. The Labute approximate surface area is 177 Å². The summed E-state index contributed by atoms with van der Waals surface area (Å²) in [5.41, 5.74) is 4.31. The maximum Gasteiger partial charge on any atom is 0.234 e. The van der Waals surface area contributed by atoms with Crippen LogP contribution in [0.3, 0.4) is 0 Å². The van der Waals surface area contributed by atoms with Gasteiger partial charge in [-0.3, -0.25) is 4.79 Å². The second-order valence-electron chi connectivity index (χ2n) is 7.86. The van der Waals surface area contributed by atoms with E-state index in [9.17, 15) is 4.79 Å². The smallest absolute Gasteiger partial charge is 0.234 e. The van der Waals surface area contributed by atoms with Crippen molar-refractivity contribution in [2.45, 2.75) is 50.7 Å². The minimum atomic E-state index is 0.00500. The van der Waals surface area contributed by atoms with Gasteiger partial charge in [0.05, 0.1) is 24.7 Å². The van der Waals surface area contributed by atoms with E-state index < -0.39 is 0 Å². The molecule has 1 amide bonds. The molecule has 1 aliphatic heterocycles. The minimum absolute atomic E-state index is 0.00500. The second kappa shape index (κ2) is 9.22. The zero-order chi connectivity index (χ0) is 20.2. The molecular formula is C22H30N4O2S. The fourth-order valence-electron chi connectivity index (χ4n) is 4.19. The standard InChI is InChI=1S/C22H30N4O2S/c1-16-17(2)26(20-5-3-4-6-20)22(23-16)29-15-21(27)24-18-7-9-19(10-8-18)25-11-13-28-14-12-25/h7-10,20H,3-6,11-15H2,1-2H3,(H,24,27). The molecule has 0 spiro atoms. The lowest BCUT2D eigenvalue weighted by molar-refractivity contribution is -0.113. The van der Waals surface area contributed by atoms with E-state index in [0.29, 0.717) is 11.8 Å². The van der Waals surface area contributed by atoms with Gasteiger partial charge in [-0.1, -0.05) is 24.6 Å². The summed E-state index contributed by atoms with van der Waals surface area (Å²) in [5.74, 6) is 0.374. The number of imidazole rings is 1. The van der Waals surface area contributed by atoms with E-state index in [0.717, 1.165) is 42.8 Å². The SMILES string of the molecule is Cc1nc(SCC(=O)Nc2ccc(N3CCOCC3)cc2)n(C2CCCC2)c1C. The number of anilines is 2. The van der Waals surface area contributed by atoms with E-state index in [2.05, 4.69) is 40.8 Å². The van der Waals surface area contributed by atoms with Gasteiger partial charge in [-0.25, -0.2) is 4.98 Å². The van der Waals surface area contributed by atoms with Crippen LogP contribution in [0.2, 0.25) is 0 Å². The largest absolute Gasteiger partial charge is 0.378 e. The summed E-state index contributed by atoms with van der Waals surface area (Å²) in [6.45, 7) is 7.56. The van der Waals surface area contributed by atoms with Crippen LogP contribution >= 0.6 is 11.8 Å². The predicted octanol–water partition coefficient (Wildman–Crippen LogP) is 4.18. The van der Waals surface area contributed by atoms with Gasteiger partial charge in [-0.05, 0) is 51.0 Å². The van der Waals surface area contributed by atoms with Gasteiger partial charge in [0.1, 0.15) is 0 Å². The number of aryl methyl sites for hydroxylation is 1. The monoisotopic (exact) mass is 414 g/mol. The Morgan fingerprint density at radius 1 is 1.17 bits per heavy atom. The molecule has 6 nitrogen and oxygen atoms in total. The quantitative estimate of drug-likeness (QED) is 0.719. The van der Waals surface area contributed by atoms with Gasteiger partial charge in [-0.15, -0.1) is 0 Å². The maximum atomic E-state index is 12.5.